The van der Waals surface area contributed by atoms with Gasteiger partial charge in [0.1, 0.15) is 12.1 Å². The molecule has 1 aromatic rings. The third kappa shape index (κ3) is 2.91. The maximum atomic E-state index is 4.71. The monoisotopic (exact) mass is 286 g/mol. The number of hydrogen-bond acceptors (Lipinski definition) is 4. The maximum absolute atomic E-state index is 4.71. The first kappa shape index (κ1) is 13.5. The fourth-order valence-electron chi connectivity index (χ4n) is 3.90. The van der Waals surface area contributed by atoms with Crippen molar-refractivity contribution >= 4 is 5.82 Å². The van der Waals surface area contributed by atoms with E-state index in [9.17, 15) is 0 Å². The molecule has 3 aliphatic rings. The molecule has 2 heterocycles. The summed E-state index contributed by atoms with van der Waals surface area (Å²) >= 11 is 0. The molecule has 0 radical (unpaired) electrons. The largest absolute Gasteiger partial charge is 0.353 e. The van der Waals surface area contributed by atoms with E-state index in [4.69, 9.17) is 4.98 Å². The van der Waals surface area contributed by atoms with Gasteiger partial charge >= 0.3 is 0 Å². The molecule has 0 spiro atoms. The van der Waals surface area contributed by atoms with Crippen molar-refractivity contribution in [2.75, 3.05) is 24.5 Å². The highest BCUT2D eigenvalue weighted by atomic mass is 15.2. The average Bonchev–Trinajstić information content (AvgIpc) is 3.38. The molecule has 0 bridgehead atoms. The average molecular weight is 286 g/mol. The Bertz CT molecular complexity index is 492. The predicted octanol–water partition coefficient (Wildman–Crippen LogP) is 2.32. The van der Waals surface area contributed by atoms with E-state index in [-0.39, 0.29) is 0 Å². The van der Waals surface area contributed by atoms with Crippen LogP contribution in [0.25, 0.3) is 0 Å². The fourth-order valence-corrected chi connectivity index (χ4v) is 3.90. The van der Waals surface area contributed by atoms with Crippen LogP contribution in [0.1, 0.15) is 49.8 Å². The topological polar surface area (TPSA) is 41.1 Å². The smallest absolute Gasteiger partial charge is 0.135 e. The molecule has 0 amide bonds. The molecular formula is C17H26N4. The number of hydrogen-bond donors (Lipinski definition) is 1. The lowest BCUT2D eigenvalue weighted by Crippen LogP contribution is -2.40. The van der Waals surface area contributed by atoms with Gasteiger partial charge in [-0.15, -0.1) is 0 Å². The second kappa shape index (κ2) is 5.91. The molecule has 114 valence electrons. The van der Waals surface area contributed by atoms with E-state index in [1.54, 1.807) is 6.33 Å². The van der Waals surface area contributed by atoms with E-state index >= 15 is 0 Å². The molecule has 4 nitrogen and oxygen atoms in total. The normalized spacial score (nSPS) is 25.4. The summed E-state index contributed by atoms with van der Waals surface area (Å²) in [6, 6.07) is 0.743. The van der Waals surface area contributed by atoms with Crippen molar-refractivity contribution in [1.82, 2.24) is 15.3 Å². The number of fused-ring (bicyclic) bond motifs is 1. The Hall–Kier alpha value is -1.16. The molecule has 1 N–H and O–H groups in total. The van der Waals surface area contributed by atoms with Gasteiger partial charge in [0.25, 0.3) is 0 Å². The molecular weight excluding hydrogens is 260 g/mol. The molecule has 1 saturated heterocycles. The van der Waals surface area contributed by atoms with Gasteiger partial charge < -0.3 is 10.2 Å². The van der Waals surface area contributed by atoms with Crippen molar-refractivity contribution in [2.24, 2.45) is 5.92 Å². The van der Waals surface area contributed by atoms with Crippen LogP contribution in [0.5, 0.6) is 0 Å². The van der Waals surface area contributed by atoms with E-state index in [1.807, 2.05) is 0 Å². The number of piperidine rings is 1. The van der Waals surface area contributed by atoms with Gasteiger partial charge in [0.2, 0.25) is 0 Å². The minimum atomic E-state index is 0.743. The van der Waals surface area contributed by atoms with E-state index < -0.39 is 0 Å². The van der Waals surface area contributed by atoms with Gasteiger partial charge in [0.05, 0.1) is 0 Å². The number of nitrogens with one attached hydrogen (secondary N) is 1. The van der Waals surface area contributed by atoms with E-state index in [0.717, 1.165) is 18.4 Å². The van der Waals surface area contributed by atoms with E-state index in [1.165, 1.54) is 81.7 Å². The minimum Gasteiger partial charge on any atom is -0.353 e. The summed E-state index contributed by atoms with van der Waals surface area (Å²) in [7, 11) is 0. The third-order valence-electron chi connectivity index (χ3n) is 5.22. The predicted molar refractivity (Wildman–Crippen MR) is 84.6 cm³/mol. The zero-order valence-electron chi connectivity index (χ0n) is 12.9. The van der Waals surface area contributed by atoms with Crippen molar-refractivity contribution < 1.29 is 0 Å². The van der Waals surface area contributed by atoms with Gasteiger partial charge in [-0.05, 0) is 70.4 Å². The zero-order chi connectivity index (χ0) is 14.1. The van der Waals surface area contributed by atoms with Crippen molar-refractivity contribution in [1.29, 1.82) is 0 Å². The SMILES string of the molecule is c1nc2c(c(N(CC3CCCNC3)C3CC3)n1)CCCC2. The Kier molecular flexibility index (Phi) is 3.80. The lowest BCUT2D eigenvalue weighted by Gasteiger charge is -2.33. The van der Waals surface area contributed by atoms with Crippen LogP contribution in [-0.2, 0) is 12.8 Å². The summed E-state index contributed by atoms with van der Waals surface area (Å²) in [5.74, 6) is 2.06. The number of aryl methyl sites for hydroxylation is 1. The Balaban J connectivity index is 1.58. The minimum absolute atomic E-state index is 0.743. The second-order valence-corrected chi connectivity index (χ2v) is 6.93. The number of rotatable bonds is 4. The number of anilines is 1. The van der Waals surface area contributed by atoms with Crippen LogP contribution < -0.4 is 10.2 Å². The molecule has 0 aromatic carbocycles. The molecule has 2 fully saturated rings. The summed E-state index contributed by atoms with van der Waals surface area (Å²) in [6.07, 6.45) is 12.1. The van der Waals surface area contributed by atoms with Crippen LogP contribution in [0.3, 0.4) is 0 Å². The first-order valence-corrected chi connectivity index (χ1v) is 8.72. The third-order valence-corrected chi connectivity index (χ3v) is 5.22. The van der Waals surface area contributed by atoms with Crippen LogP contribution in [0, 0.1) is 5.92 Å². The Morgan fingerprint density at radius 2 is 2.00 bits per heavy atom. The summed E-state index contributed by atoms with van der Waals surface area (Å²) in [5, 5.41) is 3.55. The summed E-state index contributed by atoms with van der Waals surface area (Å²) in [4.78, 5) is 11.9. The lowest BCUT2D eigenvalue weighted by molar-refractivity contribution is 0.375. The van der Waals surface area contributed by atoms with Crippen LogP contribution in [0.2, 0.25) is 0 Å². The highest BCUT2D eigenvalue weighted by Gasteiger charge is 2.34. The Labute approximate surface area is 127 Å². The van der Waals surface area contributed by atoms with Crippen molar-refractivity contribution in [3.05, 3.63) is 17.6 Å². The van der Waals surface area contributed by atoms with Crippen molar-refractivity contribution in [3.63, 3.8) is 0 Å². The molecule has 1 aliphatic heterocycles. The van der Waals surface area contributed by atoms with Gasteiger partial charge in [-0.1, -0.05) is 0 Å². The maximum Gasteiger partial charge on any atom is 0.135 e. The molecule has 2 aliphatic carbocycles. The quantitative estimate of drug-likeness (QED) is 0.922. The van der Waals surface area contributed by atoms with Gasteiger partial charge in [0.15, 0.2) is 0 Å². The molecule has 4 rings (SSSR count). The highest BCUT2D eigenvalue weighted by molar-refractivity contribution is 5.51. The second-order valence-electron chi connectivity index (χ2n) is 6.93. The number of nitrogens with zero attached hydrogens (tertiary/aromatic N) is 3. The van der Waals surface area contributed by atoms with E-state index in [0.29, 0.717) is 0 Å². The molecule has 4 heteroatoms. The first-order valence-electron chi connectivity index (χ1n) is 8.72. The van der Waals surface area contributed by atoms with Crippen LogP contribution in [-0.4, -0.2) is 35.6 Å². The van der Waals surface area contributed by atoms with Gasteiger partial charge in [-0.25, -0.2) is 9.97 Å². The summed E-state index contributed by atoms with van der Waals surface area (Å²) < 4.78 is 0. The standard InChI is InChI=1S/C17H26N4/c1-2-6-16-15(5-1)17(20-12-19-16)21(14-7-8-14)11-13-4-3-9-18-10-13/h12-14,18H,1-11H2. The van der Waals surface area contributed by atoms with E-state index in [2.05, 4.69) is 15.2 Å². The van der Waals surface area contributed by atoms with Crippen LogP contribution in [0.4, 0.5) is 5.82 Å². The Morgan fingerprint density at radius 1 is 1.10 bits per heavy atom. The highest BCUT2D eigenvalue weighted by Crippen LogP contribution is 2.36. The zero-order valence-corrected chi connectivity index (χ0v) is 12.9. The molecule has 1 aromatic heterocycles. The molecule has 21 heavy (non-hydrogen) atoms. The van der Waals surface area contributed by atoms with Crippen molar-refractivity contribution in [3.8, 4) is 0 Å². The molecule has 1 unspecified atom stereocenters. The van der Waals surface area contributed by atoms with Crippen molar-refractivity contribution in [2.45, 2.75) is 57.4 Å². The fraction of sp³-hybridized carbons (Fsp3) is 0.765. The van der Waals surface area contributed by atoms with Gasteiger partial charge in [-0.3, -0.25) is 0 Å². The summed E-state index contributed by atoms with van der Waals surface area (Å²) in [6.45, 7) is 3.56. The molecule has 1 atom stereocenters. The van der Waals surface area contributed by atoms with Gasteiger partial charge in [-0.2, -0.15) is 0 Å². The summed E-state index contributed by atoms with van der Waals surface area (Å²) in [5.41, 5.74) is 2.78. The number of aromatic nitrogens is 2. The Morgan fingerprint density at radius 3 is 2.81 bits per heavy atom. The molecule has 1 saturated carbocycles. The van der Waals surface area contributed by atoms with Crippen LogP contribution in [0.15, 0.2) is 6.33 Å². The lowest BCUT2D eigenvalue weighted by atomic mass is 9.95. The first-order chi connectivity index (χ1) is 10.4. The van der Waals surface area contributed by atoms with Gasteiger partial charge in [0, 0.05) is 23.8 Å². The van der Waals surface area contributed by atoms with Crippen LogP contribution >= 0.6 is 0 Å².